The molecule has 0 saturated carbocycles. The molecule has 2 aromatic rings. The van der Waals surface area contributed by atoms with Gasteiger partial charge in [0.1, 0.15) is 0 Å². The maximum absolute atomic E-state index is 13.7. The summed E-state index contributed by atoms with van der Waals surface area (Å²) in [5.74, 6) is -1.54. The third-order valence-electron chi connectivity index (χ3n) is 3.22. The standard InChI is InChI=1S/C16H18F2N2/c1-2-20-14(10-12-6-8-19-9-7-12)11-13-4-3-5-15(17)16(13)18/h3-9,14,20H,2,10-11H2,1H3. The SMILES string of the molecule is CCNC(Cc1ccncc1)Cc1cccc(F)c1F. The highest BCUT2D eigenvalue weighted by Gasteiger charge is 2.14. The Balaban J connectivity index is 2.11. The average molecular weight is 276 g/mol. The fourth-order valence-electron chi connectivity index (χ4n) is 2.28. The average Bonchev–Trinajstić information content (AvgIpc) is 2.45. The van der Waals surface area contributed by atoms with E-state index in [4.69, 9.17) is 0 Å². The quantitative estimate of drug-likeness (QED) is 0.877. The fraction of sp³-hybridized carbons (Fsp3) is 0.312. The summed E-state index contributed by atoms with van der Waals surface area (Å²) in [5.41, 5.74) is 1.53. The van der Waals surface area contributed by atoms with Crippen LogP contribution in [0.5, 0.6) is 0 Å². The fourth-order valence-corrected chi connectivity index (χ4v) is 2.28. The van der Waals surface area contributed by atoms with Crippen LogP contribution in [0.25, 0.3) is 0 Å². The summed E-state index contributed by atoms with van der Waals surface area (Å²) >= 11 is 0. The summed E-state index contributed by atoms with van der Waals surface area (Å²) in [5, 5.41) is 3.32. The molecule has 1 aromatic heterocycles. The van der Waals surface area contributed by atoms with Crippen LogP contribution in [0.15, 0.2) is 42.7 Å². The van der Waals surface area contributed by atoms with Crippen molar-refractivity contribution < 1.29 is 8.78 Å². The molecular formula is C16H18F2N2. The highest BCUT2D eigenvalue weighted by molar-refractivity contribution is 5.21. The van der Waals surface area contributed by atoms with Gasteiger partial charge in [0.05, 0.1) is 0 Å². The highest BCUT2D eigenvalue weighted by Crippen LogP contribution is 2.15. The van der Waals surface area contributed by atoms with Crippen LogP contribution in [0, 0.1) is 11.6 Å². The van der Waals surface area contributed by atoms with Gasteiger partial charge >= 0.3 is 0 Å². The van der Waals surface area contributed by atoms with Gasteiger partial charge < -0.3 is 5.32 Å². The predicted molar refractivity (Wildman–Crippen MR) is 75.5 cm³/mol. The summed E-state index contributed by atoms with van der Waals surface area (Å²) in [6.07, 6.45) is 4.69. The Hall–Kier alpha value is -1.81. The van der Waals surface area contributed by atoms with Gasteiger partial charge in [-0.15, -0.1) is 0 Å². The molecule has 2 rings (SSSR count). The van der Waals surface area contributed by atoms with Gasteiger partial charge in [-0.1, -0.05) is 19.1 Å². The second kappa shape index (κ2) is 7.10. The van der Waals surface area contributed by atoms with Gasteiger partial charge in [0.2, 0.25) is 0 Å². The molecule has 20 heavy (non-hydrogen) atoms. The minimum atomic E-state index is -0.790. The van der Waals surface area contributed by atoms with Crippen molar-refractivity contribution >= 4 is 0 Å². The van der Waals surface area contributed by atoms with Crippen molar-refractivity contribution in [3.63, 3.8) is 0 Å². The first-order chi connectivity index (χ1) is 9.70. The zero-order valence-corrected chi connectivity index (χ0v) is 11.4. The minimum absolute atomic E-state index is 0.0682. The molecule has 0 radical (unpaired) electrons. The molecule has 0 amide bonds. The van der Waals surface area contributed by atoms with E-state index in [0.717, 1.165) is 24.6 Å². The van der Waals surface area contributed by atoms with Crippen molar-refractivity contribution in [3.8, 4) is 0 Å². The Labute approximate surface area is 117 Å². The molecule has 0 fully saturated rings. The lowest BCUT2D eigenvalue weighted by Crippen LogP contribution is -2.33. The molecule has 0 bridgehead atoms. The first-order valence-corrected chi connectivity index (χ1v) is 6.76. The Kier molecular flexibility index (Phi) is 5.18. The van der Waals surface area contributed by atoms with E-state index in [0.29, 0.717) is 12.0 Å². The second-order valence-electron chi connectivity index (χ2n) is 4.73. The Bertz CT molecular complexity index is 543. The van der Waals surface area contributed by atoms with Crippen molar-refractivity contribution in [1.29, 1.82) is 0 Å². The molecule has 0 aliphatic rings. The third-order valence-corrected chi connectivity index (χ3v) is 3.22. The largest absolute Gasteiger partial charge is 0.314 e. The van der Waals surface area contributed by atoms with Gasteiger partial charge in [0.15, 0.2) is 11.6 Å². The number of halogens is 2. The number of nitrogens with one attached hydrogen (secondary N) is 1. The molecule has 0 aliphatic heterocycles. The number of aromatic nitrogens is 1. The van der Waals surface area contributed by atoms with Crippen LogP contribution < -0.4 is 5.32 Å². The summed E-state index contributed by atoms with van der Waals surface area (Å²) < 4.78 is 27.0. The first-order valence-electron chi connectivity index (χ1n) is 6.76. The van der Waals surface area contributed by atoms with E-state index in [1.54, 1.807) is 24.5 Å². The number of benzene rings is 1. The van der Waals surface area contributed by atoms with E-state index in [9.17, 15) is 8.78 Å². The summed E-state index contributed by atoms with van der Waals surface area (Å²) in [6, 6.07) is 8.26. The van der Waals surface area contributed by atoms with Gasteiger partial charge in [-0.2, -0.15) is 0 Å². The number of hydrogen-bond donors (Lipinski definition) is 1. The summed E-state index contributed by atoms with van der Waals surface area (Å²) in [4.78, 5) is 3.98. The highest BCUT2D eigenvalue weighted by atomic mass is 19.2. The number of rotatable bonds is 6. The predicted octanol–water partition coefficient (Wildman–Crippen LogP) is 3.12. The van der Waals surface area contributed by atoms with Crippen LogP contribution in [-0.4, -0.2) is 17.6 Å². The van der Waals surface area contributed by atoms with E-state index in [1.165, 1.54) is 0 Å². The van der Waals surface area contributed by atoms with Crippen LogP contribution in [0.4, 0.5) is 8.78 Å². The molecule has 1 atom stereocenters. The lowest BCUT2D eigenvalue weighted by atomic mass is 9.99. The minimum Gasteiger partial charge on any atom is -0.314 e. The van der Waals surface area contributed by atoms with Crippen molar-refractivity contribution in [2.45, 2.75) is 25.8 Å². The van der Waals surface area contributed by atoms with Crippen LogP contribution in [-0.2, 0) is 12.8 Å². The Morgan fingerprint density at radius 3 is 2.55 bits per heavy atom. The van der Waals surface area contributed by atoms with Crippen LogP contribution in [0.1, 0.15) is 18.1 Å². The maximum Gasteiger partial charge on any atom is 0.162 e. The summed E-state index contributed by atoms with van der Waals surface area (Å²) in [6.45, 7) is 2.79. The van der Waals surface area contributed by atoms with Gasteiger partial charge in [-0.3, -0.25) is 4.98 Å². The molecule has 1 heterocycles. The topological polar surface area (TPSA) is 24.9 Å². The van der Waals surface area contributed by atoms with Gasteiger partial charge in [0.25, 0.3) is 0 Å². The molecule has 0 spiro atoms. The van der Waals surface area contributed by atoms with E-state index in [2.05, 4.69) is 10.3 Å². The van der Waals surface area contributed by atoms with E-state index < -0.39 is 11.6 Å². The van der Waals surface area contributed by atoms with Gasteiger partial charge in [0, 0.05) is 18.4 Å². The first kappa shape index (κ1) is 14.6. The molecule has 106 valence electrons. The van der Waals surface area contributed by atoms with Crippen molar-refractivity contribution in [3.05, 3.63) is 65.5 Å². The summed E-state index contributed by atoms with van der Waals surface area (Å²) in [7, 11) is 0. The zero-order chi connectivity index (χ0) is 14.4. The number of nitrogens with zero attached hydrogens (tertiary/aromatic N) is 1. The molecular weight excluding hydrogens is 258 g/mol. The van der Waals surface area contributed by atoms with Crippen molar-refractivity contribution in [2.75, 3.05) is 6.54 Å². The van der Waals surface area contributed by atoms with E-state index in [1.807, 2.05) is 19.1 Å². The van der Waals surface area contributed by atoms with Crippen molar-refractivity contribution in [2.24, 2.45) is 0 Å². The van der Waals surface area contributed by atoms with Crippen LogP contribution in [0.3, 0.4) is 0 Å². The number of hydrogen-bond acceptors (Lipinski definition) is 2. The molecule has 1 aromatic carbocycles. The lowest BCUT2D eigenvalue weighted by Gasteiger charge is -2.18. The molecule has 0 saturated heterocycles. The van der Waals surface area contributed by atoms with Gasteiger partial charge in [-0.25, -0.2) is 8.78 Å². The smallest absolute Gasteiger partial charge is 0.162 e. The number of pyridine rings is 1. The molecule has 1 N–H and O–H groups in total. The van der Waals surface area contributed by atoms with Crippen molar-refractivity contribution in [1.82, 2.24) is 10.3 Å². The Morgan fingerprint density at radius 2 is 1.85 bits per heavy atom. The zero-order valence-electron chi connectivity index (χ0n) is 11.4. The van der Waals surface area contributed by atoms with Crippen LogP contribution in [0.2, 0.25) is 0 Å². The van der Waals surface area contributed by atoms with E-state index in [-0.39, 0.29) is 6.04 Å². The second-order valence-corrected chi connectivity index (χ2v) is 4.73. The molecule has 4 heteroatoms. The normalized spacial score (nSPS) is 12.3. The van der Waals surface area contributed by atoms with Gasteiger partial charge in [-0.05, 0) is 48.7 Å². The molecule has 0 aliphatic carbocycles. The van der Waals surface area contributed by atoms with E-state index >= 15 is 0 Å². The lowest BCUT2D eigenvalue weighted by molar-refractivity contribution is 0.474. The molecule has 1 unspecified atom stereocenters. The number of likely N-dealkylation sites (N-methyl/N-ethyl adjacent to an activating group) is 1. The molecule has 2 nitrogen and oxygen atoms in total. The van der Waals surface area contributed by atoms with Crippen LogP contribution >= 0.6 is 0 Å². The third kappa shape index (κ3) is 3.84. The monoisotopic (exact) mass is 276 g/mol. The maximum atomic E-state index is 13.7. The Morgan fingerprint density at radius 1 is 1.10 bits per heavy atom.